The molecule has 2 aliphatic rings. The molecule has 9 nitrogen and oxygen atoms in total. The minimum absolute atomic E-state index is 0.0526. The lowest BCUT2D eigenvalue weighted by molar-refractivity contribution is -0.129. The van der Waals surface area contributed by atoms with Crippen LogP contribution in [0.1, 0.15) is 64.3 Å². The molecule has 0 spiro atoms. The monoisotopic (exact) mass is 519 g/mol. The van der Waals surface area contributed by atoms with E-state index in [0.29, 0.717) is 36.6 Å². The maximum Gasteiger partial charge on any atom is 0.341 e. The Morgan fingerprint density at radius 1 is 1.11 bits per heavy atom. The SMILES string of the molecule is COC(=O)c1c(NC(=O)c2ccc(S(=O)(=O)N3CCCC[C@@H]3C)cc2)sc2c1CCN(C(C)=O)C2. The third-order valence-electron chi connectivity index (χ3n) is 6.58. The van der Waals surface area contributed by atoms with Crippen molar-refractivity contribution < 1.29 is 27.5 Å². The molecule has 0 saturated carbocycles. The van der Waals surface area contributed by atoms with E-state index in [4.69, 9.17) is 4.74 Å². The predicted molar refractivity (Wildman–Crippen MR) is 132 cm³/mol. The van der Waals surface area contributed by atoms with E-state index in [9.17, 15) is 22.8 Å². The number of sulfonamides is 1. The van der Waals surface area contributed by atoms with Gasteiger partial charge in [0.05, 0.1) is 24.1 Å². The molecule has 0 bridgehead atoms. The first-order valence-corrected chi connectivity index (χ1v) is 13.8. The number of esters is 1. The van der Waals surface area contributed by atoms with E-state index >= 15 is 0 Å². The summed E-state index contributed by atoms with van der Waals surface area (Å²) in [5.74, 6) is -1.07. The van der Waals surface area contributed by atoms with Gasteiger partial charge in [0.2, 0.25) is 15.9 Å². The fourth-order valence-corrected chi connectivity index (χ4v) is 7.54. The number of amides is 2. The predicted octanol–water partition coefficient (Wildman–Crippen LogP) is 3.25. The molecule has 4 rings (SSSR count). The number of nitrogens with zero attached hydrogens (tertiary/aromatic N) is 2. The maximum atomic E-state index is 13.1. The molecule has 2 aromatic rings. The number of methoxy groups -OCH3 is 1. The minimum atomic E-state index is -3.64. The Kier molecular flexibility index (Phi) is 7.30. The van der Waals surface area contributed by atoms with E-state index in [2.05, 4.69) is 5.32 Å². The summed E-state index contributed by atoms with van der Waals surface area (Å²) in [4.78, 5) is 40.0. The van der Waals surface area contributed by atoms with Gasteiger partial charge in [-0.2, -0.15) is 4.31 Å². The quantitative estimate of drug-likeness (QED) is 0.607. The molecule has 1 saturated heterocycles. The highest BCUT2D eigenvalue weighted by molar-refractivity contribution is 7.89. The van der Waals surface area contributed by atoms with Crippen LogP contribution in [-0.2, 0) is 32.5 Å². The fraction of sp³-hybridized carbons (Fsp3) is 0.458. The minimum Gasteiger partial charge on any atom is -0.465 e. The van der Waals surface area contributed by atoms with Gasteiger partial charge in [-0.1, -0.05) is 6.42 Å². The Labute approximate surface area is 209 Å². The number of carbonyl (C=O) groups excluding carboxylic acids is 3. The van der Waals surface area contributed by atoms with Crippen LogP contribution >= 0.6 is 11.3 Å². The molecule has 2 amide bonds. The number of fused-ring (bicyclic) bond motifs is 1. The van der Waals surface area contributed by atoms with Crippen LogP contribution in [0.4, 0.5) is 5.00 Å². The molecule has 1 aromatic carbocycles. The number of hydrogen-bond donors (Lipinski definition) is 1. The summed E-state index contributed by atoms with van der Waals surface area (Å²) in [6, 6.07) is 5.77. The van der Waals surface area contributed by atoms with Crippen LogP contribution in [0.5, 0.6) is 0 Å². The van der Waals surface area contributed by atoms with Gasteiger partial charge in [0.15, 0.2) is 0 Å². The molecule has 0 unspecified atom stereocenters. The van der Waals surface area contributed by atoms with Crippen molar-refractivity contribution in [1.82, 2.24) is 9.21 Å². The van der Waals surface area contributed by atoms with Gasteiger partial charge in [-0.3, -0.25) is 9.59 Å². The van der Waals surface area contributed by atoms with E-state index in [1.54, 1.807) is 4.90 Å². The molecule has 1 aromatic heterocycles. The first-order chi connectivity index (χ1) is 16.6. The maximum absolute atomic E-state index is 13.1. The highest BCUT2D eigenvalue weighted by Crippen LogP contribution is 2.38. The summed E-state index contributed by atoms with van der Waals surface area (Å²) >= 11 is 1.25. The number of hydrogen-bond acceptors (Lipinski definition) is 7. The first kappa shape index (κ1) is 25.3. The second kappa shape index (κ2) is 10.1. The number of nitrogens with one attached hydrogen (secondary N) is 1. The number of benzene rings is 1. The summed E-state index contributed by atoms with van der Waals surface area (Å²) in [6.07, 6.45) is 3.17. The third-order valence-corrected chi connectivity index (χ3v) is 9.74. The molecule has 188 valence electrons. The molecule has 0 aliphatic carbocycles. The molecular formula is C24H29N3O6S2. The van der Waals surface area contributed by atoms with Crippen molar-refractivity contribution in [1.29, 1.82) is 0 Å². The molecule has 35 heavy (non-hydrogen) atoms. The van der Waals surface area contributed by atoms with E-state index in [-0.39, 0.29) is 22.4 Å². The van der Waals surface area contributed by atoms with Crippen LogP contribution in [0, 0.1) is 0 Å². The standard InChI is InChI=1S/C24H29N3O6S2/c1-15-6-4-5-12-27(15)35(31,32)18-9-7-17(8-10-18)22(29)25-23-21(24(30)33-3)19-11-13-26(16(2)28)14-20(19)34-23/h7-10,15H,4-6,11-14H2,1-3H3,(H,25,29)/t15-/m0/s1. The van der Waals surface area contributed by atoms with Gasteiger partial charge in [-0.15, -0.1) is 11.3 Å². The van der Waals surface area contributed by atoms with Gasteiger partial charge < -0.3 is 15.0 Å². The summed E-state index contributed by atoms with van der Waals surface area (Å²) in [7, 11) is -2.36. The summed E-state index contributed by atoms with van der Waals surface area (Å²) < 4.78 is 32.6. The van der Waals surface area contributed by atoms with Gasteiger partial charge in [0, 0.05) is 36.5 Å². The number of rotatable bonds is 5. The zero-order valence-corrected chi connectivity index (χ0v) is 21.6. The first-order valence-electron chi connectivity index (χ1n) is 11.5. The molecule has 1 fully saturated rings. The van der Waals surface area contributed by atoms with Crippen LogP contribution < -0.4 is 5.32 Å². The van der Waals surface area contributed by atoms with Crippen LogP contribution in [0.2, 0.25) is 0 Å². The Hall–Kier alpha value is -2.76. The van der Waals surface area contributed by atoms with Gasteiger partial charge in [-0.25, -0.2) is 13.2 Å². The topological polar surface area (TPSA) is 113 Å². The largest absolute Gasteiger partial charge is 0.465 e. The Morgan fingerprint density at radius 3 is 2.46 bits per heavy atom. The molecule has 1 atom stereocenters. The van der Waals surface area contributed by atoms with Crippen LogP contribution in [0.15, 0.2) is 29.2 Å². The van der Waals surface area contributed by atoms with E-state index in [0.717, 1.165) is 29.7 Å². The van der Waals surface area contributed by atoms with Gasteiger partial charge in [0.1, 0.15) is 5.00 Å². The fourth-order valence-electron chi connectivity index (χ4n) is 4.60. The van der Waals surface area contributed by atoms with Crippen molar-refractivity contribution in [2.45, 2.75) is 57.0 Å². The summed E-state index contributed by atoms with van der Waals surface area (Å²) in [6.45, 7) is 4.76. The lowest BCUT2D eigenvalue weighted by Crippen LogP contribution is -2.41. The second-order valence-electron chi connectivity index (χ2n) is 8.83. The molecular weight excluding hydrogens is 490 g/mol. The van der Waals surface area contributed by atoms with Gasteiger partial charge in [0.25, 0.3) is 5.91 Å². The zero-order chi connectivity index (χ0) is 25.3. The number of carbonyl (C=O) groups is 3. The van der Waals surface area contributed by atoms with E-state index in [1.165, 1.54) is 53.9 Å². The number of thiophene rings is 1. The van der Waals surface area contributed by atoms with Crippen molar-refractivity contribution >= 4 is 44.1 Å². The molecule has 2 aliphatic heterocycles. The van der Waals surface area contributed by atoms with Gasteiger partial charge >= 0.3 is 5.97 Å². The lowest BCUT2D eigenvalue weighted by Gasteiger charge is -2.32. The molecule has 11 heteroatoms. The Bertz CT molecular complexity index is 1250. The van der Waals surface area contributed by atoms with Crippen molar-refractivity contribution in [2.24, 2.45) is 0 Å². The van der Waals surface area contributed by atoms with Crippen molar-refractivity contribution in [3.8, 4) is 0 Å². The lowest BCUT2D eigenvalue weighted by atomic mass is 10.0. The third kappa shape index (κ3) is 4.98. The summed E-state index contributed by atoms with van der Waals surface area (Å²) in [5, 5.41) is 3.14. The van der Waals surface area contributed by atoms with Crippen molar-refractivity contribution in [3.05, 3.63) is 45.8 Å². The highest BCUT2D eigenvalue weighted by Gasteiger charge is 2.32. The van der Waals surface area contributed by atoms with Crippen LogP contribution in [-0.4, -0.2) is 61.6 Å². The average Bonchev–Trinajstić information content (AvgIpc) is 3.20. The zero-order valence-electron chi connectivity index (χ0n) is 20.0. The molecule has 3 heterocycles. The normalized spacial score (nSPS) is 18.6. The Morgan fingerprint density at radius 2 is 1.83 bits per heavy atom. The van der Waals surface area contributed by atoms with Crippen molar-refractivity contribution in [3.63, 3.8) is 0 Å². The average molecular weight is 520 g/mol. The van der Waals surface area contributed by atoms with E-state index < -0.39 is 21.9 Å². The van der Waals surface area contributed by atoms with Gasteiger partial charge in [-0.05, 0) is 56.0 Å². The number of anilines is 1. The van der Waals surface area contributed by atoms with E-state index in [1.807, 2.05) is 6.92 Å². The van der Waals surface area contributed by atoms with Crippen LogP contribution in [0.25, 0.3) is 0 Å². The number of ether oxygens (including phenoxy) is 1. The Balaban J connectivity index is 1.56. The molecule has 0 radical (unpaired) electrons. The highest BCUT2D eigenvalue weighted by atomic mass is 32.2. The van der Waals surface area contributed by atoms with Crippen LogP contribution in [0.3, 0.4) is 0 Å². The van der Waals surface area contributed by atoms with Crippen molar-refractivity contribution in [2.75, 3.05) is 25.5 Å². The summed E-state index contributed by atoms with van der Waals surface area (Å²) in [5.41, 5.74) is 1.36. The second-order valence-corrected chi connectivity index (χ2v) is 11.8. The molecule has 1 N–H and O–H groups in total. The smallest absolute Gasteiger partial charge is 0.341 e. The number of piperidine rings is 1.